The van der Waals surface area contributed by atoms with Crippen molar-refractivity contribution in [1.82, 2.24) is 5.32 Å². The van der Waals surface area contributed by atoms with Crippen LogP contribution in [0.1, 0.15) is 30.9 Å². The van der Waals surface area contributed by atoms with Crippen molar-refractivity contribution in [3.8, 4) is 0 Å². The van der Waals surface area contributed by atoms with Crippen LogP contribution in [0.3, 0.4) is 0 Å². The molecule has 1 saturated heterocycles. The molecule has 1 fully saturated rings. The summed E-state index contributed by atoms with van der Waals surface area (Å²) in [7, 11) is 0. The highest BCUT2D eigenvalue weighted by molar-refractivity contribution is 5.24. The summed E-state index contributed by atoms with van der Waals surface area (Å²) < 4.78 is 42.8. The lowest BCUT2D eigenvalue weighted by molar-refractivity contribution is -0.137. The topological polar surface area (TPSA) is 21.3 Å². The summed E-state index contributed by atoms with van der Waals surface area (Å²) in [5.41, 5.74) is 0.237. The summed E-state index contributed by atoms with van der Waals surface area (Å²) in [6, 6.07) is 5.47. The molecule has 1 aliphatic heterocycles. The molecule has 2 nitrogen and oxygen atoms in total. The van der Waals surface area contributed by atoms with Gasteiger partial charge in [0.05, 0.1) is 11.7 Å². The van der Waals surface area contributed by atoms with Crippen molar-refractivity contribution in [2.45, 2.75) is 44.6 Å². The van der Waals surface area contributed by atoms with Crippen molar-refractivity contribution in [2.24, 2.45) is 0 Å². The first kappa shape index (κ1) is 14.3. The molecule has 0 bridgehead atoms. The van der Waals surface area contributed by atoms with Gasteiger partial charge in [0.2, 0.25) is 0 Å². The van der Waals surface area contributed by atoms with E-state index >= 15 is 0 Å². The second-order valence-electron chi connectivity index (χ2n) is 4.92. The molecule has 0 radical (unpaired) electrons. The predicted molar refractivity (Wildman–Crippen MR) is 66.7 cm³/mol. The van der Waals surface area contributed by atoms with E-state index in [0.29, 0.717) is 6.54 Å². The van der Waals surface area contributed by atoms with Gasteiger partial charge in [0, 0.05) is 19.2 Å². The molecule has 1 heterocycles. The minimum Gasteiger partial charge on any atom is -0.377 e. The number of halogens is 3. The Balaban J connectivity index is 1.86. The molecule has 19 heavy (non-hydrogen) atoms. The van der Waals surface area contributed by atoms with Gasteiger partial charge in [-0.25, -0.2) is 0 Å². The maximum atomic E-state index is 12.4. The Labute approximate surface area is 111 Å². The van der Waals surface area contributed by atoms with E-state index in [1.807, 2.05) is 6.92 Å². The number of hydrogen-bond acceptors (Lipinski definition) is 2. The Hall–Kier alpha value is -1.07. The summed E-state index contributed by atoms with van der Waals surface area (Å²) in [5.74, 6) is 0. The number of nitrogens with one attached hydrogen (secondary N) is 1. The summed E-state index contributed by atoms with van der Waals surface area (Å²) in [4.78, 5) is 0. The summed E-state index contributed by atoms with van der Waals surface area (Å²) in [6.07, 6.45) is -1.93. The molecule has 1 aromatic carbocycles. The highest BCUT2D eigenvalue weighted by atomic mass is 19.4. The molecule has 2 unspecified atom stereocenters. The third kappa shape index (κ3) is 3.94. The highest BCUT2D eigenvalue weighted by Crippen LogP contribution is 2.29. The summed E-state index contributed by atoms with van der Waals surface area (Å²) in [5, 5.41) is 3.29. The van der Waals surface area contributed by atoms with Crippen LogP contribution < -0.4 is 5.32 Å². The van der Waals surface area contributed by atoms with Crippen LogP contribution in [0.15, 0.2) is 24.3 Å². The number of rotatable bonds is 4. The molecular weight excluding hydrogens is 255 g/mol. The molecule has 1 N–H and O–H groups in total. The molecule has 0 aromatic heterocycles. The minimum absolute atomic E-state index is 0.213. The van der Waals surface area contributed by atoms with Crippen LogP contribution in [-0.4, -0.2) is 18.8 Å². The van der Waals surface area contributed by atoms with Gasteiger partial charge in [-0.3, -0.25) is 0 Å². The van der Waals surface area contributed by atoms with E-state index in [2.05, 4.69) is 5.32 Å². The van der Waals surface area contributed by atoms with Crippen molar-refractivity contribution in [1.29, 1.82) is 0 Å². The monoisotopic (exact) mass is 273 g/mol. The average Bonchev–Trinajstić information content (AvgIpc) is 2.89. The Kier molecular flexibility index (Phi) is 4.47. The fourth-order valence-corrected chi connectivity index (χ4v) is 2.22. The van der Waals surface area contributed by atoms with E-state index in [1.165, 1.54) is 12.1 Å². The zero-order chi connectivity index (χ0) is 13.9. The van der Waals surface area contributed by atoms with Crippen LogP contribution in [0.5, 0.6) is 0 Å². The molecule has 2 rings (SSSR count). The predicted octanol–water partition coefficient (Wildman–Crippen LogP) is 3.36. The average molecular weight is 273 g/mol. The van der Waals surface area contributed by atoms with Crippen LogP contribution >= 0.6 is 0 Å². The van der Waals surface area contributed by atoms with Crippen LogP contribution in [-0.2, 0) is 17.5 Å². The van der Waals surface area contributed by atoms with E-state index in [0.717, 1.165) is 37.1 Å². The second kappa shape index (κ2) is 5.92. The van der Waals surface area contributed by atoms with Gasteiger partial charge in [-0.2, -0.15) is 13.2 Å². The molecule has 0 aliphatic carbocycles. The van der Waals surface area contributed by atoms with Gasteiger partial charge in [0.25, 0.3) is 0 Å². The Morgan fingerprint density at radius 3 is 2.53 bits per heavy atom. The third-order valence-corrected chi connectivity index (χ3v) is 3.43. The van der Waals surface area contributed by atoms with Gasteiger partial charge in [-0.15, -0.1) is 0 Å². The zero-order valence-corrected chi connectivity index (χ0v) is 10.8. The fraction of sp³-hybridized carbons (Fsp3) is 0.571. The number of benzene rings is 1. The Morgan fingerprint density at radius 1 is 1.32 bits per heavy atom. The lowest BCUT2D eigenvalue weighted by Gasteiger charge is -2.20. The van der Waals surface area contributed by atoms with Gasteiger partial charge in [-0.05, 0) is 37.5 Å². The van der Waals surface area contributed by atoms with E-state index in [-0.39, 0.29) is 12.1 Å². The number of ether oxygens (including phenoxy) is 1. The van der Waals surface area contributed by atoms with Crippen LogP contribution in [0.2, 0.25) is 0 Å². The van der Waals surface area contributed by atoms with E-state index in [4.69, 9.17) is 4.74 Å². The van der Waals surface area contributed by atoms with Crippen LogP contribution in [0, 0.1) is 0 Å². The van der Waals surface area contributed by atoms with Gasteiger partial charge in [0.1, 0.15) is 0 Å². The van der Waals surface area contributed by atoms with Gasteiger partial charge >= 0.3 is 6.18 Å². The van der Waals surface area contributed by atoms with E-state index in [1.54, 1.807) is 0 Å². The van der Waals surface area contributed by atoms with Crippen molar-refractivity contribution in [3.05, 3.63) is 35.4 Å². The number of alkyl halides is 3. The van der Waals surface area contributed by atoms with Gasteiger partial charge in [-0.1, -0.05) is 12.1 Å². The molecule has 0 saturated carbocycles. The molecule has 106 valence electrons. The highest BCUT2D eigenvalue weighted by Gasteiger charge is 2.30. The maximum absolute atomic E-state index is 12.4. The normalized spacial score (nSPS) is 21.6. The first-order valence-corrected chi connectivity index (χ1v) is 6.48. The smallest absolute Gasteiger partial charge is 0.377 e. The lowest BCUT2D eigenvalue weighted by atomic mass is 10.1. The van der Waals surface area contributed by atoms with Crippen LogP contribution in [0.4, 0.5) is 13.2 Å². The molecular formula is C14H18F3NO. The lowest BCUT2D eigenvalue weighted by Crippen LogP contribution is -2.36. The van der Waals surface area contributed by atoms with Crippen molar-refractivity contribution < 1.29 is 17.9 Å². The molecule has 0 amide bonds. The van der Waals surface area contributed by atoms with Gasteiger partial charge < -0.3 is 10.1 Å². The summed E-state index contributed by atoms with van der Waals surface area (Å²) in [6.45, 7) is 3.40. The molecule has 1 aliphatic rings. The Bertz CT molecular complexity index is 396. The second-order valence-corrected chi connectivity index (χ2v) is 4.92. The number of hydrogen-bond donors (Lipinski definition) is 1. The summed E-state index contributed by atoms with van der Waals surface area (Å²) >= 11 is 0. The molecule has 0 spiro atoms. The van der Waals surface area contributed by atoms with Crippen LogP contribution in [0.25, 0.3) is 0 Å². The molecule has 2 atom stereocenters. The largest absolute Gasteiger partial charge is 0.416 e. The van der Waals surface area contributed by atoms with E-state index in [9.17, 15) is 13.2 Å². The van der Waals surface area contributed by atoms with Crippen molar-refractivity contribution in [3.63, 3.8) is 0 Å². The molecule has 1 aromatic rings. The molecule has 5 heteroatoms. The SMILES string of the molecule is CC(NCc1ccc(C(F)(F)F)cc1)C1CCCO1. The zero-order valence-electron chi connectivity index (χ0n) is 10.8. The quantitative estimate of drug-likeness (QED) is 0.908. The maximum Gasteiger partial charge on any atom is 0.416 e. The van der Waals surface area contributed by atoms with Gasteiger partial charge in [0.15, 0.2) is 0 Å². The fourth-order valence-electron chi connectivity index (χ4n) is 2.22. The Morgan fingerprint density at radius 2 is 2.00 bits per heavy atom. The van der Waals surface area contributed by atoms with E-state index < -0.39 is 11.7 Å². The third-order valence-electron chi connectivity index (χ3n) is 3.43. The van der Waals surface area contributed by atoms with Crippen molar-refractivity contribution >= 4 is 0 Å². The van der Waals surface area contributed by atoms with Crippen molar-refractivity contribution in [2.75, 3.05) is 6.61 Å². The first-order chi connectivity index (χ1) is 8.97. The minimum atomic E-state index is -4.27. The first-order valence-electron chi connectivity index (χ1n) is 6.48. The standard InChI is InChI=1S/C14H18F3NO/c1-10(13-3-2-8-19-13)18-9-11-4-6-12(7-5-11)14(15,16)17/h4-7,10,13,18H,2-3,8-9H2,1H3.